The van der Waals surface area contributed by atoms with Gasteiger partial charge in [0.2, 0.25) is 0 Å². The number of amides is 2. The molecule has 1 saturated carbocycles. The molecule has 0 bridgehead atoms. The number of anilines is 1. The van der Waals surface area contributed by atoms with E-state index in [0.717, 1.165) is 48.1 Å². The summed E-state index contributed by atoms with van der Waals surface area (Å²) in [4.78, 5) is 27.8. The van der Waals surface area contributed by atoms with Crippen LogP contribution in [0.15, 0.2) is 42.5 Å². The van der Waals surface area contributed by atoms with Gasteiger partial charge in [-0.3, -0.25) is 0 Å². The maximum atomic E-state index is 13.9. The van der Waals surface area contributed by atoms with E-state index in [1.165, 1.54) is 13.5 Å². The van der Waals surface area contributed by atoms with E-state index in [1.54, 1.807) is 12.1 Å². The minimum atomic E-state index is -0.357. The number of hydrogen-bond acceptors (Lipinski definition) is 3. The van der Waals surface area contributed by atoms with Crippen LogP contribution in [0.25, 0.3) is 0 Å². The van der Waals surface area contributed by atoms with E-state index in [0.29, 0.717) is 12.1 Å². The second kappa shape index (κ2) is 9.98. The molecular weight excluding hydrogens is 412 g/mol. The van der Waals surface area contributed by atoms with Crippen molar-refractivity contribution >= 4 is 17.7 Å². The van der Waals surface area contributed by atoms with Crippen molar-refractivity contribution in [3.63, 3.8) is 0 Å². The van der Waals surface area contributed by atoms with Crippen LogP contribution < -0.4 is 5.32 Å². The molecule has 0 spiro atoms. The summed E-state index contributed by atoms with van der Waals surface area (Å²) in [6.07, 6.45) is 5.41. The Hall–Kier alpha value is -2.82. The minimum absolute atomic E-state index is 0.0751. The highest BCUT2D eigenvalue weighted by Crippen LogP contribution is 2.47. The molecule has 178 valence electrons. The van der Waals surface area contributed by atoms with Crippen molar-refractivity contribution in [2.75, 3.05) is 12.4 Å². The van der Waals surface area contributed by atoms with Crippen LogP contribution in [0.5, 0.6) is 0 Å². The molecule has 0 atom stereocenters. The van der Waals surface area contributed by atoms with Crippen molar-refractivity contribution in [1.82, 2.24) is 4.90 Å². The number of rotatable bonds is 5. The molecule has 0 aromatic heterocycles. The summed E-state index contributed by atoms with van der Waals surface area (Å²) in [5.74, 6) is -0.357. The molecule has 33 heavy (non-hydrogen) atoms. The van der Waals surface area contributed by atoms with Gasteiger partial charge in [0, 0.05) is 17.8 Å². The number of hydrogen-bond donors (Lipinski definition) is 1. The highest BCUT2D eigenvalue weighted by Gasteiger charge is 2.49. The Morgan fingerprint density at radius 2 is 1.55 bits per heavy atom. The van der Waals surface area contributed by atoms with E-state index >= 15 is 0 Å². The van der Waals surface area contributed by atoms with Crippen LogP contribution in [0.2, 0.25) is 0 Å². The maximum absolute atomic E-state index is 13.9. The lowest BCUT2D eigenvalue weighted by Crippen LogP contribution is -2.60. The lowest BCUT2D eigenvalue weighted by Gasteiger charge is -2.54. The number of ether oxygens (including phenoxy) is 1. The quantitative estimate of drug-likeness (QED) is 0.506. The van der Waals surface area contributed by atoms with Gasteiger partial charge in [0.05, 0.1) is 12.7 Å². The van der Waals surface area contributed by atoms with E-state index in [4.69, 9.17) is 4.74 Å². The molecule has 2 amide bonds. The van der Waals surface area contributed by atoms with Crippen LogP contribution in [0.3, 0.4) is 0 Å². The first-order chi connectivity index (χ1) is 15.6. The summed E-state index contributed by atoms with van der Waals surface area (Å²) in [5, 5.41) is 3.19. The second-order valence-corrected chi connectivity index (χ2v) is 10.4. The van der Waals surface area contributed by atoms with Crippen molar-refractivity contribution in [3.8, 4) is 0 Å². The van der Waals surface area contributed by atoms with Gasteiger partial charge >= 0.3 is 12.0 Å². The van der Waals surface area contributed by atoms with Crippen LogP contribution in [-0.4, -0.2) is 29.5 Å². The van der Waals surface area contributed by atoms with E-state index in [9.17, 15) is 9.59 Å². The van der Waals surface area contributed by atoms with Gasteiger partial charge in [-0.1, -0.05) is 58.2 Å². The van der Waals surface area contributed by atoms with Gasteiger partial charge in [-0.05, 0) is 73.1 Å². The Morgan fingerprint density at radius 1 is 0.970 bits per heavy atom. The van der Waals surface area contributed by atoms with Crippen molar-refractivity contribution in [3.05, 3.63) is 64.7 Å². The third kappa shape index (κ3) is 5.58. The fraction of sp³-hybridized carbons (Fsp3) is 0.500. The summed E-state index contributed by atoms with van der Waals surface area (Å²) < 4.78 is 4.82. The highest BCUT2D eigenvalue weighted by atomic mass is 16.5. The minimum Gasteiger partial charge on any atom is -0.465 e. The Bertz CT molecular complexity index is 963. The first-order valence-corrected chi connectivity index (χ1v) is 11.9. The summed E-state index contributed by atoms with van der Waals surface area (Å²) >= 11 is 0. The Kier molecular flexibility index (Phi) is 7.51. The van der Waals surface area contributed by atoms with Crippen LogP contribution >= 0.6 is 0 Å². The van der Waals surface area contributed by atoms with Gasteiger partial charge in [0.25, 0.3) is 0 Å². The zero-order valence-corrected chi connectivity index (χ0v) is 21.0. The number of urea groups is 1. The lowest BCUT2D eigenvalue weighted by molar-refractivity contribution is -0.0108. The molecule has 0 heterocycles. The fourth-order valence-corrected chi connectivity index (χ4v) is 5.26. The smallest absolute Gasteiger partial charge is 0.337 e. The molecule has 1 aliphatic rings. The predicted molar refractivity (Wildman–Crippen MR) is 134 cm³/mol. The number of aryl methyl sites for hydroxylation is 2. The molecule has 1 N–H and O–H groups in total. The summed E-state index contributed by atoms with van der Waals surface area (Å²) in [6, 6.07) is 13.4. The molecular formula is C28H38N2O3. The molecule has 2 aromatic carbocycles. The van der Waals surface area contributed by atoms with Crippen LogP contribution in [-0.2, 0) is 11.3 Å². The van der Waals surface area contributed by atoms with Gasteiger partial charge in [0.15, 0.2) is 0 Å². The van der Waals surface area contributed by atoms with E-state index in [1.807, 2.05) is 38.1 Å². The Labute approximate surface area is 198 Å². The zero-order valence-electron chi connectivity index (χ0n) is 21.0. The fourth-order valence-electron chi connectivity index (χ4n) is 5.26. The zero-order chi connectivity index (χ0) is 24.2. The first-order valence-electron chi connectivity index (χ1n) is 11.9. The number of benzene rings is 2. The van der Waals surface area contributed by atoms with Gasteiger partial charge < -0.3 is 15.0 Å². The van der Waals surface area contributed by atoms with Gasteiger partial charge in [-0.25, -0.2) is 9.59 Å². The largest absolute Gasteiger partial charge is 0.465 e. The van der Waals surface area contributed by atoms with E-state index in [2.05, 4.69) is 37.1 Å². The maximum Gasteiger partial charge on any atom is 0.337 e. The lowest BCUT2D eigenvalue weighted by atomic mass is 9.64. The average Bonchev–Trinajstić information content (AvgIpc) is 2.76. The molecule has 1 aliphatic carbocycles. The third-order valence-electron chi connectivity index (χ3n) is 7.03. The number of carbonyl (C=O) groups is 2. The Morgan fingerprint density at radius 3 is 2.06 bits per heavy atom. The van der Waals surface area contributed by atoms with Gasteiger partial charge in [0.1, 0.15) is 0 Å². The van der Waals surface area contributed by atoms with Crippen molar-refractivity contribution in [2.45, 2.75) is 78.8 Å². The molecule has 0 saturated heterocycles. The highest BCUT2D eigenvalue weighted by molar-refractivity contribution is 5.90. The summed E-state index contributed by atoms with van der Waals surface area (Å²) in [5.41, 5.74) is 4.23. The topological polar surface area (TPSA) is 58.6 Å². The molecule has 1 fully saturated rings. The third-order valence-corrected chi connectivity index (χ3v) is 7.03. The van der Waals surface area contributed by atoms with Crippen molar-refractivity contribution < 1.29 is 14.3 Å². The predicted octanol–water partition coefficient (Wildman–Crippen LogP) is 6.87. The van der Waals surface area contributed by atoms with Crippen LogP contribution in [0.1, 0.15) is 79.9 Å². The molecule has 0 aliphatic heterocycles. The first kappa shape index (κ1) is 24.8. The second-order valence-electron chi connectivity index (χ2n) is 10.4. The number of methoxy groups -OCH3 is 1. The normalized spacial score (nSPS) is 15.6. The van der Waals surface area contributed by atoms with Gasteiger partial charge in [-0.15, -0.1) is 0 Å². The van der Waals surface area contributed by atoms with E-state index in [-0.39, 0.29) is 23.0 Å². The number of nitrogens with one attached hydrogen (secondary N) is 1. The SMILES string of the molecule is COC(=O)c1ccc(CN(C(=O)Nc2cc(C)cc(C)c2)C2(C(C)(C)C)CCCCC2)cc1. The average molecular weight is 451 g/mol. The Balaban J connectivity index is 1.98. The number of esters is 1. The molecule has 5 heteroatoms. The number of nitrogens with zero attached hydrogens (tertiary/aromatic N) is 1. The standard InChI is InChI=1S/C28H38N2O3/c1-20-16-21(2)18-24(17-20)29-26(32)30(28(27(3,4)5)14-8-7-9-15-28)19-22-10-12-23(13-11-22)25(31)33-6/h10-13,16-18H,7-9,14-15,19H2,1-6H3,(H,29,32). The molecule has 0 unspecified atom stereocenters. The van der Waals surface area contributed by atoms with Crippen LogP contribution in [0.4, 0.5) is 10.5 Å². The molecule has 3 rings (SSSR count). The van der Waals surface area contributed by atoms with Gasteiger partial charge in [-0.2, -0.15) is 0 Å². The van der Waals surface area contributed by atoms with Crippen molar-refractivity contribution in [1.29, 1.82) is 0 Å². The summed E-state index contributed by atoms with van der Waals surface area (Å²) in [7, 11) is 1.38. The molecule has 2 aromatic rings. The molecule has 0 radical (unpaired) electrons. The molecule has 5 nitrogen and oxygen atoms in total. The monoisotopic (exact) mass is 450 g/mol. The van der Waals surface area contributed by atoms with E-state index < -0.39 is 0 Å². The summed E-state index contributed by atoms with van der Waals surface area (Å²) in [6.45, 7) is 11.3. The van der Waals surface area contributed by atoms with Crippen molar-refractivity contribution in [2.24, 2.45) is 5.41 Å². The van der Waals surface area contributed by atoms with Crippen LogP contribution in [0, 0.1) is 19.3 Å². The number of carbonyl (C=O) groups excluding carboxylic acids is 2.